The van der Waals surface area contributed by atoms with Gasteiger partial charge in [-0.25, -0.2) is 4.98 Å². The van der Waals surface area contributed by atoms with E-state index in [2.05, 4.69) is 4.98 Å². The molecular weight excluding hydrogens is 344 g/mol. The molecule has 0 spiro atoms. The van der Waals surface area contributed by atoms with E-state index in [9.17, 15) is 14.7 Å². The Morgan fingerprint density at radius 3 is 2.56 bits per heavy atom. The molecule has 0 fully saturated rings. The van der Waals surface area contributed by atoms with E-state index in [1.165, 1.54) is 37.4 Å². The summed E-state index contributed by atoms with van der Waals surface area (Å²) >= 11 is 1.24. The highest BCUT2D eigenvalue weighted by Crippen LogP contribution is 2.43. The second kappa shape index (κ2) is 6.56. The number of ether oxygens (including phenoxy) is 2. The first-order valence-electron chi connectivity index (χ1n) is 7.38. The largest absolute Gasteiger partial charge is 0.503 e. The molecule has 1 N–H and O–H groups in total. The number of aromatic nitrogens is 1. The van der Waals surface area contributed by atoms with Gasteiger partial charge in [-0.15, -0.1) is 11.3 Å². The minimum absolute atomic E-state index is 0.0346. The number of aliphatic hydroxyl groups excluding tert-OH is 1. The van der Waals surface area contributed by atoms with Gasteiger partial charge in [-0.1, -0.05) is 6.07 Å². The molecule has 25 heavy (non-hydrogen) atoms. The van der Waals surface area contributed by atoms with E-state index in [4.69, 9.17) is 9.47 Å². The van der Waals surface area contributed by atoms with Crippen molar-refractivity contribution in [2.24, 2.45) is 0 Å². The Hall–Kier alpha value is -2.87. The molecule has 3 rings (SSSR count). The van der Waals surface area contributed by atoms with Crippen molar-refractivity contribution in [1.29, 1.82) is 0 Å². The molecule has 0 saturated carbocycles. The number of methoxy groups -OCH3 is 2. The molecule has 0 radical (unpaired) electrons. The predicted octanol–water partition coefficient (Wildman–Crippen LogP) is 2.65. The zero-order valence-electron chi connectivity index (χ0n) is 13.8. The van der Waals surface area contributed by atoms with E-state index in [0.29, 0.717) is 22.2 Å². The Kier molecular flexibility index (Phi) is 4.45. The smallest absolute Gasteiger partial charge is 0.296 e. The Morgan fingerprint density at radius 1 is 1.28 bits per heavy atom. The van der Waals surface area contributed by atoms with E-state index in [1.54, 1.807) is 29.8 Å². The maximum atomic E-state index is 12.6. The molecule has 2 aromatic rings. The first kappa shape index (κ1) is 17.0. The quantitative estimate of drug-likeness (QED) is 0.882. The van der Waals surface area contributed by atoms with Crippen LogP contribution in [0.1, 0.15) is 18.5 Å². The minimum atomic E-state index is -0.782. The van der Waals surface area contributed by atoms with Crippen LogP contribution in [0, 0.1) is 0 Å². The van der Waals surface area contributed by atoms with Crippen LogP contribution >= 0.6 is 11.3 Å². The number of carbonyl (C=O) groups is 2. The van der Waals surface area contributed by atoms with E-state index >= 15 is 0 Å². The van der Waals surface area contributed by atoms with Gasteiger partial charge in [0, 0.05) is 11.6 Å². The van der Waals surface area contributed by atoms with E-state index in [0.717, 1.165) is 0 Å². The third-order valence-electron chi connectivity index (χ3n) is 3.94. The standard InChI is InChI=1S/C17H16N2O5S/c1-9(20)13-14(10-4-5-11(23-2)12(8-10)24-3)19(16(22)15(13)21)17-18-6-7-25-17/h4-8,14,21H,1-3H3/t14-/m0/s1. The van der Waals surface area contributed by atoms with Crippen molar-refractivity contribution < 1.29 is 24.2 Å². The van der Waals surface area contributed by atoms with Crippen LogP contribution in [0.4, 0.5) is 5.13 Å². The fourth-order valence-corrected chi connectivity index (χ4v) is 3.50. The summed E-state index contributed by atoms with van der Waals surface area (Å²) in [6.45, 7) is 1.32. The lowest BCUT2D eigenvalue weighted by Crippen LogP contribution is -2.30. The molecule has 1 aliphatic heterocycles. The van der Waals surface area contributed by atoms with Crippen molar-refractivity contribution in [3.8, 4) is 11.5 Å². The number of hydrogen-bond donors (Lipinski definition) is 1. The minimum Gasteiger partial charge on any atom is -0.503 e. The number of hydrogen-bond acceptors (Lipinski definition) is 7. The molecule has 7 nitrogen and oxygen atoms in total. The second-order valence-corrected chi connectivity index (χ2v) is 6.20. The number of rotatable bonds is 5. The van der Waals surface area contributed by atoms with E-state index in [1.807, 2.05) is 0 Å². The van der Waals surface area contributed by atoms with Crippen LogP contribution in [0.3, 0.4) is 0 Å². The van der Waals surface area contributed by atoms with Gasteiger partial charge in [0.25, 0.3) is 5.91 Å². The number of carbonyl (C=O) groups excluding carboxylic acids is 2. The third kappa shape index (κ3) is 2.74. The van der Waals surface area contributed by atoms with Gasteiger partial charge in [-0.3, -0.25) is 14.5 Å². The van der Waals surface area contributed by atoms with Crippen molar-refractivity contribution >= 4 is 28.2 Å². The first-order valence-corrected chi connectivity index (χ1v) is 8.26. The van der Waals surface area contributed by atoms with Crippen LogP contribution in [0.2, 0.25) is 0 Å². The maximum absolute atomic E-state index is 12.6. The average Bonchev–Trinajstić information content (AvgIpc) is 3.21. The lowest BCUT2D eigenvalue weighted by Gasteiger charge is -2.24. The van der Waals surface area contributed by atoms with Crippen LogP contribution in [-0.4, -0.2) is 36.0 Å². The topological polar surface area (TPSA) is 89.0 Å². The fraction of sp³-hybridized carbons (Fsp3) is 0.235. The summed E-state index contributed by atoms with van der Waals surface area (Å²) in [5, 5.41) is 12.4. The second-order valence-electron chi connectivity index (χ2n) is 5.33. The number of thiazole rings is 1. The molecule has 1 amide bonds. The van der Waals surface area contributed by atoms with E-state index in [-0.39, 0.29) is 11.4 Å². The molecule has 8 heteroatoms. The predicted molar refractivity (Wildman–Crippen MR) is 92.2 cm³/mol. The average molecular weight is 360 g/mol. The normalized spacial score (nSPS) is 17.2. The van der Waals surface area contributed by atoms with Crippen molar-refractivity contribution in [1.82, 2.24) is 4.98 Å². The number of aliphatic hydroxyl groups is 1. The monoisotopic (exact) mass is 360 g/mol. The maximum Gasteiger partial charge on any atom is 0.296 e. The number of benzene rings is 1. The highest BCUT2D eigenvalue weighted by atomic mass is 32.1. The summed E-state index contributed by atoms with van der Waals surface area (Å²) in [6.07, 6.45) is 1.56. The Labute approximate surface area is 148 Å². The van der Waals surface area contributed by atoms with Crippen molar-refractivity contribution in [2.45, 2.75) is 13.0 Å². The summed E-state index contributed by atoms with van der Waals surface area (Å²) in [7, 11) is 3.02. The summed E-state index contributed by atoms with van der Waals surface area (Å²) in [6, 6.07) is 4.31. The summed E-state index contributed by atoms with van der Waals surface area (Å²) in [5.74, 6) is -0.609. The Morgan fingerprint density at radius 2 is 2.00 bits per heavy atom. The SMILES string of the molecule is COc1ccc([C@H]2C(C(C)=O)=C(O)C(=O)N2c2nccs2)cc1OC. The zero-order chi connectivity index (χ0) is 18.1. The first-order chi connectivity index (χ1) is 12.0. The van der Waals surface area contributed by atoms with Gasteiger partial charge < -0.3 is 14.6 Å². The number of ketones is 1. The van der Waals surface area contributed by atoms with Gasteiger partial charge in [0.1, 0.15) is 0 Å². The molecule has 1 aromatic heterocycles. The van der Waals surface area contributed by atoms with Gasteiger partial charge in [0.2, 0.25) is 0 Å². The third-order valence-corrected chi connectivity index (χ3v) is 4.71. The Bertz CT molecular complexity index is 860. The molecule has 0 bridgehead atoms. The van der Waals surface area contributed by atoms with Crippen LogP contribution in [0.5, 0.6) is 11.5 Å². The number of nitrogens with zero attached hydrogens (tertiary/aromatic N) is 2. The van der Waals surface area contributed by atoms with Crippen LogP contribution in [0.15, 0.2) is 41.1 Å². The van der Waals surface area contributed by atoms with Gasteiger partial charge in [0.15, 0.2) is 28.2 Å². The molecule has 0 unspecified atom stereocenters. The molecule has 1 aliphatic rings. The zero-order valence-corrected chi connectivity index (χ0v) is 14.7. The van der Waals surface area contributed by atoms with Gasteiger partial charge in [0.05, 0.1) is 25.8 Å². The fourth-order valence-electron chi connectivity index (χ4n) is 2.84. The van der Waals surface area contributed by atoms with Crippen LogP contribution in [0.25, 0.3) is 0 Å². The van der Waals surface area contributed by atoms with E-state index < -0.39 is 17.7 Å². The highest BCUT2D eigenvalue weighted by molar-refractivity contribution is 7.13. The lowest BCUT2D eigenvalue weighted by molar-refractivity contribution is -0.117. The summed E-state index contributed by atoms with van der Waals surface area (Å²) < 4.78 is 10.5. The van der Waals surface area contributed by atoms with Gasteiger partial charge >= 0.3 is 0 Å². The summed E-state index contributed by atoms with van der Waals surface area (Å²) in [5.41, 5.74) is 0.642. The van der Waals surface area contributed by atoms with Gasteiger partial charge in [-0.05, 0) is 24.6 Å². The molecule has 1 atom stereocenters. The van der Waals surface area contributed by atoms with Gasteiger partial charge in [-0.2, -0.15) is 0 Å². The molecule has 1 aromatic carbocycles. The van der Waals surface area contributed by atoms with Crippen molar-refractivity contribution in [2.75, 3.05) is 19.1 Å². The number of amides is 1. The molecular formula is C17H16N2O5S. The van der Waals surface area contributed by atoms with Crippen molar-refractivity contribution in [3.63, 3.8) is 0 Å². The van der Waals surface area contributed by atoms with Crippen LogP contribution in [-0.2, 0) is 9.59 Å². The lowest BCUT2D eigenvalue weighted by atomic mass is 9.96. The molecule has 2 heterocycles. The van der Waals surface area contributed by atoms with Crippen LogP contribution < -0.4 is 14.4 Å². The van der Waals surface area contributed by atoms with Crippen molar-refractivity contribution in [3.05, 3.63) is 46.7 Å². The molecule has 0 aliphatic carbocycles. The highest BCUT2D eigenvalue weighted by Gasteiger charge is 2.44. The summed E-state index contributed by atoms with van der Waals surface area (Å²) in [4.78, 5) is 30.1. The molecule has 130 valence electrons. The molecule has 0 saturated heterocycles. The number of Topliss-reactive ketones (excluding diaryl/α,β-unsaturated/α-hetero) is 1. The Balaban J connectivity index is 2.18. The number of anilines is 1.